The van der Waals surface area contributed by atoms with Crippen LogP contribution in [0.25, 0.3) is 88.3 Å². The van der Waals surface area contributed by atoms with Crippen molar-refractivity contribution in [1.82, 2.24) is 0 Å². The van der Waals surface area contributed by atoms with Gasteiger partial charge in [-0.05, 0) is 109 Å². The Morgan fingerprint density at radius 1 is 0.283 bits per heavy atom. The molecule has 0 aliphatic carbocycles. The zero-order chi connectivity index (χ0) is 39.8. The molecule has 0 aliphatic rings. The van der Waals surface area contributed by atoms with E-state index in [1.54, 1.807) is 0 Å². The number of rotatable bonds is 8. The van der Waals surface area contributed by atoms with Crippen LogP contribution in [0.1, 0.15) is 0 Å². The Morgan fingerprint density at radius 2 is 0.783 bits per heavy atom. The van der Waals surface area contributed by atoms with E-state index in [1.165, 1.54) is 55.3 Å². The van der Waals surface area contributed by atoms with Gasteiger partial charge in [-0.2, -0.15) is 0 Å². The minimum absolute atomic E-state index is 0.858. The normalized spacial score (nSPS) is 11.3. The Kier molecular flexibility index (Phi) is 8.87. The monoisotopic (exact) mass is 765 g/mol. The number of benzene rings is 10. The second kappa shape index (κ2) is 15.1. The van der Waals surface area contributed by atoms with E-state index >= 15 is 0 Å². The fraction of sp³-hybridized carbons (Fsp3) is 0. The topological polar surface area (TPSA) is 16.4 Å². The first kappa shape index (κ1) is 35.2. The molecule has 0 spiro atoms. The van der Waals surface area contributed by atoms with Crippen LogP contribution in [-0.4, -0.2) is 0 Å². The van der Waals surface area contributed by atoms with Crippen LogP contribution in [0.4, 0.5) is 17.1 Å². The molecule has 0 fully saturated rings. The largest absolute Gasteiger partial charge is 0.454 e. The molecule has 2 nitrogen and oxygen atoms in total. The zero-order valence-electron chi connectivity index (χ0n) is 32.9. The maximum atomic E-state index is 6.67. The molecule has 0 saturated carbocycles. The second-order valence-corrected chi connectivity index (χ2v) is 15.2. The first-order chi connectivity index (χ1) is 29.8. The molecule has 0 atom stereocenters. The summed E-state index contributed by atoms with van der Waals surface area (Å²) in [5, 5.41) is 4.66. The van der Waals surface area contributed by atoms with Crippen LogP contribution in [-0.2, 0) is 0 Å². The van der Waals surface area contributed by atoms with Gasteiger partial charge in [0.1, 0.15) is 5.58 Å². The number of anilines is 3. The molecular weight excluding hydrogens is 727 g/mol. The molecule has 2 heteroatoms. The molecule has 10 aromatic carbocycles. The van der Waals surface area contributed by atoms with E-state index in [4.69, 9.17) is 4.42 Å². The van der Waals surface area contributed by atoms with Gasteiger partial charge in [-0.15, -0.1) is 0 Å². The third-order valence-corrected chi connectivity index (χ3v) is 11.7. The summed E-state index contributed by atoms with van der Waals surface area (Å²) in [6, 6.07) is 84.8. The lowest BCUT2D eigenvalue weighted by atomic mass is 9.87. The Balaban J connectivity index is 1.04. The summed E-state index contributed by atoms with van der Waals surface area (Å²) < 4.78 is 6.67. The fourth-order valence-corrected chi connectivity index (χ4v) is 8.83. The SMILES string of the molecule is c1ccc(-c2ccccc2-c2ccccc2-c2ccccc2-c2ccc(N(c3cccc(-c4ccc5ccccc5c4)c3)c3cccc4c3oc3ccccc34)cc2)cc1. The molecular formula is C58H39NO. The van der Waals surface area contributed by atoms with Gasteiger partial charge in [-0.25, -0.2) is 0 Å². The van der Waals surface area contributed by atoms with Crippen LogP contribution < -0.4 is 4.90 Å². The maximum absolute atomic E-state index is 6.67. The van der Waals surface area contributed by atoms with E-state index in [-0.39, 0.29) is 0 Å². The highest BCUT2D eigenvalue weighted by molar-refractivity contribution is 6.10. The summed E-state index contributed by atoms with van der Waals surface area (Å²) in [6.45, 7) is 0. The number of para-hydroxylation sites is 2. The minimum atomic E-state index is 0.858. The van der Waals surface area contributed by atoms with Crippen molar-refractivity contribution in [2.24, 2.45) is 0 Å². The molecule has 1 heterocycles. The molecule has 11 aromatic rings. The quantitative estimate of drug-likeness (QED) is 0.153. The van der Waals surface area contributed by atoms with Crippen molar-refractivity contribution >= 4 is 49.8 Å². The van der Waals surface area contributed by atoms with Crippen molar-refractivity contribution in [3.63, 3.8) is 0 Å². The van der Waals surface area contributed by atoms with Gasteiger partial charge in [-0.1, -0.05) is 194 Å². The average molecular weight is 766 g/mol. The lowest BCUT2D eigenvalue weighted by Crippen LogP contribution is -2.10. The van der Waals surface area contributed by atoms with Crippen molar-refractivity contribution in [3.05, 3.63) is 237 Å². The third-order valence-electron chi connectivity index (χ3n) is 11.7. The molecule has 0 N–H and O–H groups in total. The zero-order valence-corrected chi connectivity index (χ0v) is 32.9. The van der Waals surface area contributed by atoms with Crippen LogP contribution >= 0.6 is 0 Å². The summed E-state index contributed by atoms with van der Waals surface area (Å²) in [4.78, 5) is 2.33. The van der Waals surface area contributed by atoms with Gasteiger partial charge in [0.05, 0.1) is 5.69 Å². The van der Waals surface area contributed by atoms with Gasteiger partial charge < -0.3 is 9.32 Å². The highest BCUT2D eigenvalue weighted by atomic mass is 16.3. The average Bonchev–Trinajstić information content (AvgIpc) is 3.72. The van der Waals surface area contributed by atoms with Crippen LogP contribution in [0.5, 0.6) is 0 Å². The maximum Gasteiger partial charge on any atom is 0.159 e. The standard InChI is InChI=1S/C58H39NO/c1-2-17-41(18-3-1)48-22-6-8-24-50(48)52-26-10-11-27-53(52)51-25-9-7-23-49(51)42-34-36-46(37-35-42)59(56-30-15-29-55-54-28-12-13-31-57(54)60-58(55)56)47-21-14-20-44(39-47)45-33-32-40-16-4-5-19-43(40)38-45/h1-39H. The lowest BCUT2D eigenvalue weighted by Gasteiger charge is -2.26. The molecule has 0 aliphatic heterocycles. The van der Waals surface area contributed by atoms with E-state index < -0.39 is 0 Å². The smallest absolute Gasteiger partial charge is 0.159 e. The molecule has 1 aromatic heterocycles. The number of hydrogen-bond acceptors (Lipinski definition) is 2. The molecule has 0 amide bonds. The Hall–Kier alpha value is -7.94. The third kappa shape index (κ3) is 6.32. The van der Waals surface area contributed by atoms with E-state index in [0.717, 1.165) is 50.1 Å². The van der Waals surface area contributed by atoms with Crippen LogP contribution in [0.15, 0.2) is 241 Å². The van der Waals surface area contributed by atoms with E-state index in [0.29, 0.717) is 0 Å². The van der Waals surface area contributed by atoms with Crippen LogP contribution in [0.2, 0.25) is 0 Å². The van der Waals surface area contributed by atoms with E-state index in [9.17, 15) is 0 Å². The van der Waals surface area contributed by atoms with Crippen molar-refractivity contribution < 1.29 is 4.42 Å². The van der Waals surface area contributed by atoms with Gasteiger partial charge in [-0.3, -0.25) is 0 Å². The van der Waals surface area contributed by atoms with Crippen molar-refractivity contribution in [2.45, 2.75) is 0 Å². The molecule has 60 heavy (non-hydrogen) atoms. The molecule has 0 unspecified atom stereocenters. The second-order valence-electron chi connectivity index (χ2n) is 15.2. The predicted octanol–water partition coefficient (Wildman–Crippen LogP) is 16.5. The summed E-state index contributed by atoms with van der Waals surface area (Å²) in [5.74, 6) is 0. The van der Waals surface area contributed by atoms with E-state index in [2.05, 4.69) is 235 Å². The summed E-state index contributed by atoms with van der Waals surface area (Å²) in [5.41, 5.74) is 16.7. The molecule has 0 radical (unpaired) electrons. The minimum Gasteiger partial charge on any atom is -0.454 e. The van der Waals surface area contributed by atoms with Crippen LogP contribution in [0, 0.1) is 0 Å². The molecule has 0 saturated heterocycles. The number of furan rings is 1. The highest BCUT2D eigenvalue weighted by Crippen LogP contribution is 2.45. The molecule has 11 rings (SSSR count). The van der Waals surface area contributed by atoms with Gasteiger partial charge in [0.2, 0.25) is 0 Å². The van der Waals surface area contributed by atoms with Crippen molar-refractivity contribution in [2.75, 3.05) is 4.90 Å². The Morgan fingerprint density at radius 3 is 1.50 bits per heavy atom. The molecule has 282 valence electrons. The molecule has 0 bridgehead atoms. The van der Waals surface area contributed by atoms with Gasteiger partial charge >= 0.3 is 0 Å². The van der Waals surface area contributed by atoms with Crippen LogP contribution in [0.3, 0.4) is 0 Å². The first-order valence-corrected chi connectivity index (χ1v) is 20.5. The summed E-state index contributed by atoms with van der Waals surface area (Å²) in [6.07, 6.45) is 0. The summed E-state index contributed by atoms with van der Waals surface area (Å²) >= 11 is 0. The summed E-state index contributed by atoms with van der Waals surface area (Å²) in [7, 11) is 0. The van der Waals surface area contributed by atoms with Gasteiger partial charge in [0, 0.05) is 22.1 Å². The first-order valence-electron chi connectivity index (χ1n) is 20.5. The highest BCUT2D eigenvalue weighted by Gasteiger charge is 2.21. The predicted molar refractivity (Wildman–Crippen MR) is 253 cm³/mol. The van der Waals surface area contributed by atoms with Crippen molar-refractivity contribution in [1.29, 1.82) is 0 Å². The van der Waals surface area contributed by atoms with Gasteiger partial charge in [0.25, 0.3) is 0 Å². The van der Waals surface area contributed by atoms with E-state index in [1.807, 2.05) is 6.07 Å². The Bertz CT molecular complexity index is 3320. The number of fused-ring (bicyclic) bond motifs is 4. The lowest BCUT2D eigenvalue weighted by molar-refractivity contribution is 0.669. The Labute approximate surface area is 349 Å². The number of nitrogens with zero attached hydrogens (tertiary/aromatic N) is 1. The van der Waals surface area contributed by atoms with Crippen molar-refractivity contribution in [3.8, 4) is 55.6 Å². The number of hydrogen-bond donors (Lipinski definition) is 0. The van der Waals surface area contributed by atoms with Gasteiger partial charge in [0.15, 0.2) is 5.58 Å². The fourth-order valence-electron chi connectivity index (χ4n) is 8.83.